The van der Waals surface area contributed by atoms with E-state index in [4.69, 9.17) is 92.8 Å². The molecule has 0 saturated heterocycles. The molecular weight excluding hydrogens is 1100 g/mol. The number of aromatic amines is 2. The quantitative estimate of drug-likeness (QED) is 0.101. The molecule has 71 heavy (non-hydrogen) atoms. The molecular formula is C44H17Cl8N9O10. The third-order valence-corrected chi connectivity index (χ3v) is 13.6. The second kappa shape index (κ2) is 18.5. The molecule has 19 nitrogen and oxygen atoms in total. The number of hydrogen-bond acceptors (Lipinski definition) is 12. The van der Waals surface area contributed by atoms with Gasteiger partial charge in [-0.15, -0.1) is 0 Å². The standard InChI is InChI=1S/C44H17Cl8N9O10/c45-16-5-1-6-17(46)30(16)34-24-13-27(57(62)63)38(53-24)35(31-18(47)7-2-8-19(31)48)25-14-29(59(66)67)40(55-25)37(33-22(51)11-4-12-23(33)52)42-44(61(70)71)43(60(68)69)41(56-42)36(32-20(49)9-3-10-21(32)50)26-15-28(58(64)65)39(34)54-26/h1-15,53,56H. The molecule has 4 aromatic carbocycles. The van der Waals surface area contributed by atoms with Crippen molar-refractivity contribution in [2.75, 3.05) is 0 Å². The van der Waals surface area contributed by atoms with Crippen LogP contribution in [-0.2, 0) is 0 Å². The maximum atomic E-state index is 13.6. The van der Waals surface area contributed by atoms with Crippen LogP contribution in [0.4, 0.5) is 17.1 Å². The van der Waals surface area contributed by atoms with Crippen LogP contribution in [-0.4, -0.2) is 44.6 Å². The van der Waals surface area contributed by atoms with Crippen molar-refractivity contribution in [1.29, 1.82) is 0 Å². The molecule has 0 spiro atoms. The minimum Gasteiger partial charge on any atom is -0.349 e. The summed E-state index contributed by atoms with van der Waals surface area (Å²) in [7, 11) is 0. The third kappa shape index (κ3) is 8.15. The van der Waals surface area contributed by atoms with Crippen molar-refractivity contribution < 1.29 is 24.6 Å². The summed E-state index contributed by atoms with van der Waals surface area (Å²) in [6.07, 6.45) is 1.68. The lowest BCUT2D eigenvalue weighted by molar-refractivity contribution is -0.419. The minimum absolute atomic E-state index is 0.171. The number of aromatic nitrogens is 4. The van der Waals surface area contributed by atoms with Crippen molar-refractivity contribution in [3.05, 3.63) is 192 Å². The lowest BCUT2D eigenvalue weighted by atomic mass is 10.0. The van der Waals surface area contributed by atoms with Gasteiger partial charge in [-0.25, -0.2) is 9.97 Å². The molecule has 3 aromatic heterocycles. The van der Waals surface area contributed by atoms with E-state index in [0.29, 0.717) is 0 Å². The van der Waals surface area contributed by atoms with Gasteiger partial charge < -0.3 is 9.97 Å². The maximum Gasteiger partial charge on any atom is 0.372 e. The van der Waals surface area contributed by atoms with Gasteiger partial charge in [-0.1, -0.05) is 117 Å². The Bertz CT molecular complexity index is 3810. The summed E-state index contributed by atoms with van der Waals surface area (Å²) in [6, 6.07) is 17.0. The first-order chi connectivity index (χ1) is 33.7. The molecule has 27 heteroatoms. The maximum absolute atomic E-state index is 13.6. The Morgan fingerprint density at radius 3 is 1.06 bits per heavy atom. The van der Waals surface area contributed by atoms with Gasteiger partial charge in [0.05, 0.1) is 81.7 Å². The molecule has 0 radical (unpaired) electrons. The van der Waals surface area contributed by atoms with Crippen molar-refractivity contribution in [3.8, 4) is 44.5 Å². The number of fused-ring (bicyclic) bond motifs is 8. The first kappa shape index (κ1) is 48.8. The van der Waals surface area contributed by atoms with Crippen LogP contribution in [0, 0.1) is 50.6 Å². The molecule has 0 unspecified atom stereocenters. The lowest BCUT2D eigenvalue weighted by Crippen LogP contribution is -2.00. The third-order valence-electron chi connectivity index (χ3n) is 11.1. The number of halogens is 8. The van der Waals surface area contributed by atoms with E-state index in [-0.39, 0.29) is 68.0 Å². The number of benzene rings is 4. The molecule has 2 aliphatic rings. The van der Waals surface area contributed by atoms with Crippen molar-refractivity contribution in [2.24, 2.45) is 0 Å². The number of H-pyrrole nitrogens is 2. The normalized spacial score (nSPS) is 12.1. The highest BCUT2D eigenvalue weighted by Crippen LogP contribution is 2.53. The molecule has 0 atom stereocenters. The summed E-state index contributed by atoms with van der Waals surface area (Å²) in [5, 5.41) is 65.4. The molecule has 0 fully saturated rings. The van der Waals surface area contributed by atoms with E-state index in [2.05, 4.69) is 19.9 Å². The van der Waals surface area contributed by atoms with Gasteiger partial charge in [0, 0.05) is 62.7 Å². The second-order valence-electron chi connectivity index (χ2n) is 14.9. The fourth-order valence-corrected chi connectivity index (χ4v) is 10.6. The van der Waals surface area contributed by atoms with E-state index >= 15 is 0 Å². The molecule has 0 aliphatic carbocycles. The molecule has 9 rings (SSSR count). The fraction of sp³-hybridized carbons (Fsp3) is 0. The van der Waals surface area contributed by atoms with Gasteiger partial charge in [0.2, 0.25) is 0 Å². The number of nitrogens with one attached hydrogen (secondary N) is 2. The monoisotopic (exact) mass is 1110 g/mol. The zero-order valence-corrected chi connectivity index (χ0v) is 40.4. The summed E-state index contributed by atoms with van der Waals surface area (Å²) >= 11 is 54.5. The molecule has 5 heterocycles. The first-order valence-electron chi connectivity index (χ1n) is 19.6. The molecule has 0 saturated carbocycles. The van der Waals surface area contributed by atoms with Crippen molar-refractivity contribution >= 4 is 155 Å². The van der Waals surface area contributed by atoms with Crippen LogP contribution in [0.5, 0.6) is 0 Å². The van der Waals surface area contributed by atoms with Gasteiger partial charge in [-0.2, -0.15) is 0 Å². The molecule has 8 bridgehead atoms. The first-order valence-corrected chi connectivity index (χ1v) is 22.6. The SMILES string of the molecule is O=[N+]([O-])C1=Cc2nc1c(-c1c(Cl)cccc1Cl)c1cc([N+](=O)[O-])c([nH]1)c(-c1c(Cl)cccc1Cl)c1nc(c(-c3c(Cl)cccc3Cl)c3[nH]c(c2-c2c(Cl)cccc2Cl)c([N+](=O)[O-])c3[N+](=O)[O-])C([N+](=O)[O-])=C1. The van der Waals surface area contributed by atoms with Crippen molar-refractivity contribution in [1.82, 2.24) is 19.9 Å². The highest BCUT2D eigenvalue weighted by atomic mass is 35.5. The predicted octanol–water partition coefficient (Wildman–Crippen LogP) is 15.5. The largest absolute Gasteiger partial charge is 0.372 e. The average Bonchev–Trinajstić information content (AvgIpc) is 4.11. The van der Waals surface area contributed by atoms with Gasteiger partial charge in [0.1, 0.15) is 16.6 Å². The molecule has 2 aliphatic heterocycles. The summed E-state index contributed by atoms with van der Waals surface area (Å²) in [4.78, 5) is 77.1. The average molecular weight is 1120 g/mol. The van der Waals surface area contributed by atoms with Crippen LogP contribution in [0.15, 0.2) is 78.9 Å². The van der Waals surface area contributed by atoms with E-state index < -0.39 is 115 Å². The van der Waals surface area contributed by atoms with Crippen LogP contribution in [0.2, 0.25) is 40.2 Å². The minimum atomic E-state index is -1.36. The van der Waals surface area contributed by atoms with Crippen LogP contribution in [0.25, 0.3) is 90.1 Å². The number of rotatable bonds is 9. The van der Waals surface area contributed by atoms with E-state index in [1.807, 2.05) is 0 Å². The van der Waals surface area contributed by atoms with Gasteiger partial charge in [-0.3, -0.25) is 50.6 Å². The van der Waals surface area contributed by atoms with E-state index in [0.717, 1.165) is 18.2 Å². The Hall–Kier alpha value is -7.20. The molecule has 7 aromatic rings. The number of hydrogen-bond donors (Lipinski definition) is 2. The Kier molecular flexibility index (Phi) is 12.7. The van der Waals surface area contributed by atoms with Gasteiger partial charge >= 0.3 is 11.4 Å². The second-order valence-corrected chi connectivity index (χ2v) is 18.2. The number of nitro groups is 5. The van der Waals surface area contributed by atoms with Crippen LogP contribution >= 0.6 is 92.8 Å². The van der Waals surface area contributed by atoms with Gasteiger partial charge in [0.25, 0.3) is 17.1 Å². The summed E-state index contributed by atoms with van der Waals surface area (Å²) < 4.78 is 0. The number of nitrogens with zero attached hydrogens (tertiary/aromatic N) is 7. The van der Waals surface area contributed by atoms with Crippen LogP contribution in [0.3, 0.4) is 0 Å². The van der Waals surface area contributed by atoms with Gasteiger partial charge in [0.15, 0.2) is 11.4 Å². The van der Waals surface area contributed by atoms with E-state index in [1.165, 1.54) is 72.8 Å². The Morgan fingerprint density at radius 1 is 0.380 bits per heavy atom. The molecule has 0 amide bonds. The van der Waals surface area contributed by atoms with Crippen LogP contribution < -0.4 is 0 Å². The zero-order chi connectivity index (χ0) is 51.1. The zero-order valence-electron chi connectivity index (χ0n) is 34.4. The summed E-state index contributed by atoms with van der Waals surface area (Å²) in [6.45, 7) is 0. The molecule has 2 N–H and O–H groups in total. The molecule has 354 valence electrons. The van der Waals surface area contributed by atoms with Crippen molar-refractivity contribution in [2.45, 2.75) is 0 Å². The highest BCUT2D eigenvalue weighted by Gasteiger charge is 2.41. The summed E-state index contributed by atoms with van der Waals surface area (Å²) in [5.41, 5.74) is -13.5. The van der Waals surface area contributed by atoms with Crippen LogP contribution in [0.1, 0.15) is 22.8 Å². The Labute approximate surface area is 434 Å². The lowest BCUT2D eigenvalue weighted by Gasteiger charge is -2.10. The highest BCUT2D eigenvalue weighted by molar-refractivity contribution is 6.42. The smallest absolute Gasteiger partial charge is 0.349 e. The van der Waals surface area contributed by atoms with Crippen molar-refractivity contribution in [3.63, 3.8) is 0 Å². The predicted molar refractivity (Wildman–Crippen MR) is 273 cm³/mol. The van der Waals surface area contributed by atoms with E-state index in [1.54, 1.807) is 0 Å². The fourth-order valence-electron chi connectivity index (χ4n) is 8.28. The Balaban J connectivity index is 1.76. The topological polar surface area (TPSA) is 273 Å². The summed E-state index contributed by atoms with van der Waals surface area (Å²) in [5.74, 6) is 0. The Morgan fingerprint density at radius 2 is 0.704 bits per heavy atom. The van der Waals surface area contributed by atoms with Gasteiger partial charge in [-0.05, 0) is 48.5 Å². The van der Waals surface area contributed by atoms with E-state index in [9.17, 15) is 50.6 Å².